The molecule has 0 saturated carbocycles. The molecule has 1 aliphatic heterocycles. The first kappa shape index (κ1) is 63.2. The number of phenols is 1. The van der Waals surface area contributed by atoms with Gasteiger partial charge in [0.1, 0.15) is 35.7 Å². The van der Waals surface area contributed by atoms with E-state index in [9.17, 15) is 43.5 Å². The topological polar surface area (TPSA) is 317 Å². The summed E-state index contributed by atoms with van der Waals surface area (Å²) >= 11 is 0. The number of hydrogen-bond donors (Lipinski definition) is 9. The Labute approximate surface area is 412 Å². The van der Waals surface area contributed by atoms with Gasteiger partial charge in [-0.25, -0.2) is 0 Å². The molecule has 1 aliphatic rings. The zero-order valence-electron chi connectivity index (χ0n) is 42.3. The average Bonchev–Trinajstić information content (AvgIpc) is 3.35. The minimum absolute atomic E-state index is 0.00867. The van der Waals surface area contributed by atoms with Gasteiger partial charge in [-0.1, -0.05) is 71.0 Å². The maximum Gasteiger partial charge on any atom is 0.246 e. The molecule has 12 N–H and O–H groups in total. The van der Waals surface area contributed by atoms with Crippen LogP contribution in [0.15, 0.2) is 60.7 Å². The molecule has 1 heterocycles. The minimum Gasteiger partial charge on any atom is -0.508 e. The smallest absolute Gasteiger partial charge is 0.246 e. The number of fused-ring (bicyclic) bond motifs is 1. The highest BCUT2D eigenvalue weighted by Gasteiger charge is 2.42. The van der Waals surface area contributed by atoms with Crippen LogP contribution in [0.2, 0.25) is 0 Å². The third-order valence-electron chi connectivity index (χ3n) is 10.6. The number of phenolic OH excluding ortho intramolecular Hbond substituents is 1. The molecule has 1 unspecified atom stereocenters. The second kappa shape index (κ2) is 36.2. The number of amides is 8. The van der Waals surface area contributed by atoms with Crippen molar-refractivity contribution in [2.75, 3.05) is 46.5 Å². The molecule has 20 heteroatoms. The number of nitrogens with zero attached hydrogens (tertiary/aromatic N) is 1. The summed E-state index contributed by atoms with van der Waals surface area (Å²) in [4.78, 5) is 94.9. The van der Waals surface area contributed by atoms with Crippen molar-refractivity contribution in [3.05, 3.63) is 71.8 Å². The molecular formula is C50H79N9O11. The van der Waals surface area contributed by atoms with Crippen LogP contribution in [-0.2, 0) is 55.9 Å². The largest absolute Gasteiger partial charge is 0.508 e. The summed E-state index contributed by atoms with van der Waals surface area (Å²) in [6.45, 7) is 15.0. The van der Waals surface area contributed by atoms with Gasteiger partial charge in [0, 0.05) is 85.0 Å². The summed E-state index contributed by atoms with van der Waals surface area (Å²) in [6, 6.07) is 16.6. The van der Waals surface area contributed by atoms with E-state index >= 15 is 0 Å². The first-order valence-electron chi connectivity index (χ1n) is 23.8. The van der Waals surface area contributed by atoms with E-state index in [-0.39, 0.29) is 76.0 Å². The van der Waals surface area contributed by atoms with E-state index in [0.29, 0.717) is 44.2 Å². The third-order valence-corrected chi connectivity index (χ3v) is 10.6. The fourth-order valence-electron chi connectivity index (χ4n) is 6.32. The fourth-order valence-corrected chi connectivity index (χ4v) is 6.32. The Morgan fingerprint density at radius 2 is 1.46 bits per heavy atom. The standard InChI is InChI=1S/C29H39N5O7.C12H17N3O3.C5H11NO.2C2H6/c1-19(35)34(2)14-10-24(27(39)31-13-9-25(30)37)32-28(40)29(11-15-41-16-12-29)33-26(38)8-4-20-3-5-22-18-23(36)7-6-21(22)17-20;13-5-6-18-10-3-1-9(2-4-10)7-11(12(14)17)15-8-16;1-3-5(2)6-4-7;2*1-2/h3,5-7,17-18,24,36H,4,8-16H2,1-2H3,(H2,30,37)(H,31,39)(H,32,40)(H,33,38);1-4,8,11H,5-7,13H2,(H2,14,17)(H,15,16);4-5H,3H2,1-2H3,(H,6,7);2*1-2H3/t24-;11-;;;/m00.../s1. The van der Waals surface area contributed by atoms with Crippen LogP contribution in [0, 0.1) is 0 Å². The van der Waals surface area contributed by atoms with Gasteiger partial charge in [-0.15, -0.1) is 0 Å². The van der Waals surface area contributed by atoms with Crippen molar-refractivity contribution < 1.29 is 52.9 Å². The van der Waals surface area contributed by atoms with Crippen molar-refractivity contribution in [1.29, 1.82) is 0 Å². The van der Waals surface area contributed by atoms with Crippen molar-refractivity contribution in [2.24, 2.45) is 17.2 Å². The number of rotatable bonds is 24. The Hall–Kier alpha value is -6.80. The molecule has 1 saturated heterocycles. The van der Waals surface area contributed by atoms with Gasteiger partial charge >= 0.3 is 0 Å². The van der Waals surface area contributed by atoms with E-state index in [1.807, 2.05) is 77.9 Å². The van der Waals surface area contributed by atoms with Crippen molar-refractivity contribution in [3.8, 4) is 11.5 Å². The number of benzene rings is 3. The fraction of sp³-hybridized carbons (Fsp3) is 0.520. The van der Waals surface area contributed by atoms with Crippen molar-refractivity contribution in [1.82, 2.24) is 31.5 Å². The second-order valence-corrected chi connectivity index (χ2v) is 15.7. The Kier molecular flexibility index (Phi) is 32.7. The number of nitrogens with one attached hydrogen (secondary N) is 5. The molecule has 3 atom stereocenters. The van der Waals surface area contributed by atoms with Gasteiger partial charge in [-0.05, 0) is 72.4 Å². The maximum absolute atomic E-state index is 13.6. The zero-order valence-corrected chi connectivity index (χ0v) is 42.3. The van der Waals surface area contributed by atoms with Gasteiger partial charge in [0.2, 0.25) is 48.3 Å². The highest BCUT2D eigenvalue weighted by atomic mass is 16.5. The van der Waals surface area contributed by atoms with Crippen molar-refractivity contribution in [2.45, 2.75) is 123 Å². The van der Waals surface area contributed by atoms with Crippen LogP contribution in [0.4, 0.5) is 0 Å². The van der Waals surface area contributed by atoms with Crippen LogP contribution < -0.4 is 48.5 Å². The quantitative estimate of drug-likeness (QED) is 0.0584. The lowest BCUT2D eigenvalue weighted by Crippen LogP contribution is -2.64. The number of aryl methyl sites for hydroxylation is 1. The van der Waals surface area contributed by atoms with Gasteiger partial charge in [0.05, 0.1) is 0 Å². The van der Waals surface area contributed by atoms with Crippen LogP contribution in [-0.4, -0.2) is 128 Å². The molecule has 8 amide bonds. The summed E-state index contributed by atoms with van der Waals surface area (Å²) in [6.07, 6.45) is 3.66. The van der Waals surface area contributed by atoms with Crippen LogP contribution >= 0.6 is 0 Å². The normalized spacial score (nSPS) is 13.2. The van der Waals surface area contributed by atoms with E-state index in [1.165, 1.54) is 11.8 Å². The number of carbonyl (C=O) groups is 8. The Morgan fingerprint density at radius 1 is 0.857 bits per heavy atom. The Bertz CT molecular complexity index is 2050. The predicted octanol–water partition coefficient (Wildman–Crippen LogP) is 2.24. The Balaban J connectivity index is 0.00000135. The number of primary amides is 2. The van der Waals surface area contributed by atoms with E-state index in [0.717, 1.165) is 34.7 Å². The van der Waals surface area contributed by atoms with E-state index in [1.54, 1.807) is 31.3 Å². The number of nitrogens with two attached hydrogens (primary N) is 3. The van der Waals surface area contributed by atoms with Gasteiger partial charge in [-0.3, -0.25) is 38.4 Å². The van der Waals surface area contributed by atoms with Crippen LogP contribution in [0.3, 0.4) is 0 Å². The number of hydrogen-bond acceptors (Lipinski definition) is 12. The van der Waals surface area contributed by atoms with Gasteiger partial charge < -0.3 is 63.3 Å². The summed E-state index contributed by atoms with van der Waals surface area (Å²) in [5.41, 5.74) is 16.2. The molecule has 1 fully saturated rings. The Morgan fingerprint density at radius 3 is 2.00 bits per heavy atom. The molecule has 3 aromatic rings. The summed E-state index contributed by atoms with van der Waals surface area (Å²) in [5.74, 6) is -1.79. The van der Waals surface area contributed by atoms with Crippen LogP contribution in [0.5, 0.6) is 11.5 Å². The number of aromatic hydroxyl groups is 1. The van der Waals surface area contributed by atoms with E-state index in [4.69, 9.17) is 26.7 Å². The molecular weight excluding hydrogens is 903 g/mol. The molecule has 0 radical (unpaired) electrons. The SMILES string of the molecule is CC.CC.CC(=O)N(C)CC[C@H](NC(=O)C1(NC(=O)CCc2ccc3cc(O)ccc3c2)CCOCC1)C(=O)NCCC(N)=O.CCC(C)NC=O.NCCOc1ccc(C[C@H](NC=O)C(N)=O)cc1. The summed E-state index contributed by atoms with van der Waals surface area (Å²) in [5, 5.41) is 24.8. The molecule has 3 aromatic carbocycles. The molecule has 390 valence electrons. The molecule has 0 aliphatic carbocycles. The van der Waals surface area contributed by atoms with Crippen molar-refractivity contribution >= 4 is 59.0 Å². The van der Waals surface area contributed by atoms with E-state index < -0.39 is 41.3 Å². The monoisotopic (exact) mass is 982 g/mol. The molecule has 0 bridgehead atoms. The highest BCUT2D eigenvalue weighted by molar-refractivity contribution is 5.95. The second-order valence-electron chi connectivity index (χ2n) is 15.7. The minimum atomic E-state index is -1.27. The summed E-state index contributed by atoms with van der Waals surface area (Å²) < 4.78 is 10.8. The first-order chi connectivity index (χ1) is 33.5. The van der Waals surface area contributed by atoms with Gasteiger partial charge in [-0.2, -0.15) is 0 Å². The maximum atomic E-state index is 13.6. The predicted molar refractivity (Wildman–Crippen MR) is 270 cm³/mol. The molecule has 0 spiro atoms. The highest BCUT2D eigenvalue weighted by Crippen LogP contribution is 2.24. The summed E-state index contributed by atoms with van der Waals surface area (Å²) in [7, 11) is 1.59. The van der Waals surface area contributed by atoms with Gasteiger partial charge in [0.15, 0.2) is 0 Å². The first-order valence-corrected chi connectivity index (χ1v) is 23.8. The van der Waals surface area contributed by atoms with Crippen LogP contribution in [0.1, 0.15) is 98.1 Å². The molecule has 0 aromatic heterocycles. The lowest BCUT2D eigenvalue weighted by atomic mass is 9.88. The zero-order chi connectivity index (χ0) is 53.1. The third kappa shape index (κ3) is 25.0. The van der Waals surface area contributed by atoms with Gasteiger partial charge in [0.25, 0.3) is 0 Å². The number of ether oxygens (including phenoxy) is 2. The lowest BCUT2D eigenvalue weighted by molar-refractivity contribution is -0.140. The average molecular weight is 982 g/mol. The number of carbonyl (C=O) groups excluding carboxylic acids is 8. The lowest BCUT2D eigenvalue weighted by Gasteiger charge is -2.37. The van der Waals surface area contributed by atoms with E-state index in [2.05, 4.69) is 26.6 Å². The molecule has 70 heavy (non-hydrogen) atoms. The molecule has 4 rings (SSSR count). The van der Waals surface area contributed by atoms with Crippen LogP contribution in [0.25, 0.3) is 10.8 Å². The molecule has 20 nitrogen and oxygen atoms in total. The van der Waals surface area contributed by atoms with Crippen molar-refractivity contribution in [3.63, 3.8) is 0 Å².